The number of aromatic nitrogens is 1. The molecule has 0 bridgehead atoms. The fourth-order valence-corrected chi connectivity index (χ4v) is 5.37. The van der Waals surface area contributed by atoms with E-state index in [4.69, 9.17) is 15.5 Å². The molecule has 0 saturated carbocycles. The number of carbonyl (C=O) groups excluding carboxylic acids is 1. The molecule has 1 aliphatic carbocycles. The van der Waals surface area contributed by atoms with Crippen LogP contribution in [-0.4, -0.2) is 29.6 Å². The Morgan fingerprint density at radius 3 is 2.56 bits per heavy atom. The Kier molecular flexibility index (Phi) is 8.29. The normalized spacial score (nSPS) is 14.3. The van der Waals surface area contributed by atoms with E-state index in [-0.39, 0.29) is 13.0 Å². The molecule has 2 atom stereocenters. The minimum absolute atomic E-state index is 0.148. The maximum absolute atomic E-state index is 13.9. The van der Waals surface area contributed by atoms with Crippen molar-refractivity contribution in [1.82, 2.24) is 10.3 Å². The van der Waals surface area contributed by atoms with E-state index in [1.807, 2.05) is 36.4 Å². The number of halogens is 2. The molecule has 202 valence electrons. The molecule has 5 rings (SSSR count). The van der Waals surface area contributed by atoms with Gasteiger partial charge in [0, 0.05) is 36.3 Å². The summed E-state index contributed by atoms with van der Waals surface area (Å²) in [5.41, 5.74) is 12.5. The van der Waals surface area contributed by atoms with Gasteiger partial charge in [0.05, 0.1) is 11.1 Å². The van der Waals surface area contributed by atoms with Gasteiger partial charge in [-0.05, 0) is 72.6 Å². The quantitative estimate of drug-likeness (QED) is 0.267. The van der Waals surface area contributed by atoms with E-state index >= 15 is 0 Å². The zero-order valence-electron chi connectivity index (χ0n) is 22.1. The van der Waals surface area contributed by atoms with Gasteiger partial charge >= 0.3 is 5.97 Å². The number of fused-ring (bicyclic) bond motifs is 2. The van der Waals surface area contributed by atoms with E-state index in [0.29, 0.717) is 17.7 Å². The molecular weight excluding hydrogens is 496 g/mol. The Labute approximate surface area is 227 Å². The lowest BCUT2D eigenvalue weighted by molar-refractivity contribution is 0.0239. The molecule has 1 aliphatic rings. The highest BCUT2D eigenvalue weighted by Crippen LogP contribution is 2.31. The molecule has 0 fully saturated rings. The average Bonchev–Trinajstić information content (AvgIpc) is 3.38. The Balaban J connectivity index is 1.39. The molecule has 1 heterocycles. The van der Waals surface area contributed by atoms with Gasteiger partial charge < -0.3 is 15.8 Å². The van der Waals surface area contributed by atoms with Crippen LogP contribution in [-0.2, 0) is 37.0 Å². The lowest BCUT2D eigenvalue weighted by Crippen LogP contribution is -2.46. The topological polar surface area (TPSA) is 77.2 Å². The van der Waals surface area contributed by atoms with Gasteiger partial charge in [-0.2, -0.15) is 0 Å². The number of hydrogen-bond acceptors (Lipinski definition) is 5. The molecule has 2 unspecified atom stereocenters. The van der Waals surface area contributed by atoms with Gasteiger partial charge in [-0.1, -0.05) is 49.4 Å². The van der Waals surface area contributed by atoms with E-state index in [1.54, 1.807) is 0 Å². The number of nitrogens with two attached hydrogens (primary N) is 1. The van der Waals surface area contributed by atoms with E-state index in [0.717, 1.165) is 59.5 Å². The molecule has 0 radical (unpaired) electrons. The molecule has 3 N–H and O–H groups in total. The number of benzene rings is 3. The van der Waals surface area contributed by atoms with Gasteiger partial charge in [0.25, 0.3) is 0 Å². The van der Waals surface area contributed by atoms with Crippen molar-refractivity contribution >= 4 is 16.9 Å². The molecule has 5 nitrogen and oxygen atoms in total. The van der Waals surface area contributed by atoms with Crippen molar-refractivity contribution in [2.75, 3.05) is 6.54 Å². The third-order valence-electron chi connectivity index (χ3n) is 7.33. The van der Waals surface area contributed by atoms with Gasteiger partial charge in [0.15, 0.2) is 0 Å². The predicted octanol–water partition coefficient (Wildman–Crippen LogP) is 5.45. The van der Waals surface area contributed by atoms with Crippen LogP contribution in [0.1, 0.15) is 51.7 Å². The second kappa shape index (κ2) is 12.0. The maximum atomic E-state index is 13.9. The highest BCUT2D eigenvalue weighted by Gasteiger charge is 2.29. The summed E-state index contributed by atoms with van der Waals surface area (Å²) < 4.78 is 33.8. The first kappa shape index (κ1) is 26.9. The van der Waals surface area contributed by atoms with Crippen LogP contribution < -0.4 is 11.1 Å². The number of nitrogens with zero attached hydrogens (tertiary/aromatic N) is 1. The second-order valence-corrected chi connectivity index (χ2v) is 10.2. The van der Waals surface area contributed by atoms with Crippen LogP contribution >= 0.6 is 0 Å². The molecule has 7 heteroatoms. The van der Waals surface area contributed by atoms with Crippen molar-refractivity contribution in [3.63, 3.8) is 0 Å². The maximum Gasteiger partial charge on any atom is 0.339 e. The number of para-hydroxylation sites is 1. The Hall–Kier alpha value is -3.68. The summed E-state index contributed by atoms with van der Waals surface area (Å²) in [5.74, 6) is -1.79. The summed E-state index contributed by atoms with van der Waals surface area (Å²) in [6.07, 6.45) is 2.88. The van der Waals surface area contributed by atoms with Crippen molar-refractivity contribution < 1.29 is 18.3 Å². The summed E-state index contributed by atoms with van der Waals surface area (Å²) in [6, 6.07) is 18.5. The summed E-state index contributed by atoms with van der Waals surface area (Å²) >= 11 is 0. The van der Waals surface area contributed by atoms with Gasteiger partial charge in [0.1, 0.15) is 17.7 Å². The smallest absolute Gasteiger partial charge is 0.339 e. The van der Waals surface area contributed by atoms with Gasteiger partial charge in [-0.3, -0.25) is 4.98 Å². The molecular formula is C32H33F2N3O2. The lowest BCUT2D eigenvalue weighted by Gasteiger charge is -2.26. The number of nitrogens with one attached hydrogen (secondary N) is 1. The van der Waals surface area contributed by atoms with Gasteiger partial charge in [-0.15, -0.1) is 0 Å². The third kappa shape index (κ3) is 6.32. The third-order valence-corrected chi connectivity index (χ3v) is 7.33. The average molecular weight is 530 g/mol. The molecule has 3 aromatic carbocycles. The highest BCUT2D eigenvalue weighted by molar-refractivity contribution is 6.05. The van der Waals surface area contributed by atoms with Gasteiger partial charge in [0.2, 0.25) is 0 Å². The number of pyridine rings is 1. The van der Waals surface area contributed by atoms with Crippen LogP contribution in [0.5, 0.6) is 0 Å². The number of ether oxygens (including phenoxy) is 1. The second-order valence-electron chi connectivity index (χ2n) is 10.2. The fraction of sp³-hybridized carbons (Fsp3) is 0.312. The Bertz CT molecular complexity index is 1470. The molecule has 0 aliphatic heterocycles. The summed E-state index contributed by atoms with van der Waals surface area (Å²) in [4.78, 5) is 18.5. The zero-order chi connectivity index (χ0) is 27.4. The van der Waals surface area contributed by atoms with E-state index in [2.05, 4.69) is 24.4 Å². The first-order chi connectivity index (χ1) is 18.9. The minimum Gasteiger partial charge on any atom is -0.456 e. The van der Waals surface area contributed by atoms with E-state index < -0.39 is 29.7 Å². The van der Waals surface area contributed by atoms with Crippen molar-refractivity contribution in [2.24, 2.45) is 5.73 Å². The lowest BCUT2D eigenvalue weighted by atomic mass is 9.99. The summed E-state index contributed by atoms with van der Waals surface area (Å²) in [7, 11) is 0. The van der Waals surface area contributed by atoms with Crippen LogP contribution in [0.4, 0.5) is 8.78 Å². The molecule has 0 spiro atoms. The van der Waals surface area contributed by atoms with E-state index in [1.165, 1.54) is 17.7 Å². The number of aryl methyl sites for hydroxylation is 2. The summed E-state index contributed by atoms with van der Waals surface area (Å²) in [6.45, 7) is 2.96. The van der Waals surface area contributed by atoms with Crippen LogP contribution in [0.2, 0.25) is 0 Å². The van der Waals surface area contributed by atoms with Crippen molar-refractivity contribution in [1.29, 1.82) is 0 Å². The highest BCUT2D eigenvalue weighted by atomic mass is 19.1. The fourth-order valence-electron chi connectivity index (χ4n) is 5.37. The van der Waals surface area contributed by atoms with Gasteiger partial charge in [-0.25, -0.2) is 13.6 Å². The molecule has 0 amide bonds. The van der Waals surface area contributed by atoms with Crippen LogP contribution in [0, 0.1) is 11.6 Å². The monoisotopic (exact) mass is 529 g/mol. The first-order valence-electron chi connectivity index (χ1n) is 13.5. The number of rotatable bonds is 10. The standard InChI is InChI=1S/C32H33F2N3O2/c1-2-20-7-5-8-21(13-20)18-36-19-30(27(35)16-22-14-23(33)17-24(34)15-22)39-32(38)31-25-9-3-4-11-28(25)37-29-12-6-10-26(29)31/h3-5,7-9,11,13-15,17,27,30,36H,2,6,10,12,16,18-19,35H2,1H3. The number of carbonyl (C=O) groups is 1. The van der Waals surface area contributed by atoms with Crippen LogP contribution in [0.25, 0.3) is 10.9 Å². The van der Waals surface area contributed by atoms with Crippen molar-refractivity contribution in [2.45, 2.75) is 57.7 Å². The SMILES string of the molecule is CCc1cccc(CNCC(OC(=O)c2c3c(nc4ccccc24)CCC3)C(N)Cc2cc(F)cc(F)c2)c1. The molecule has 4 aromatic rings. The minimum atomic E-state index is -0.734. The zero-order valence-corrected chi connectivity index (χ0v) is 22.1. The van der Waals surface area contributed by atoms with Crippen molar-refractivity contribution in [3.8, 4) is 0 Å². The molecule has 1 aromatic heterocycles. The summed E-state index contributed by atoms with van der Waals surface area (Å²) in [5, 5.41) is 4.13. The van der Waals surface area contributed by atoms with Crippen molar-refractivity contribution in [3.05, 3.63) is 112 Å². The van der Waals surface area contributed by atoms with Crippen LogP contribution in [0.3, 0.4) is 0 Å². The molecule has 0 saturated heterocycles. The van der Waals surface area contributed by atoms with E-state index in [9.17, 15) is 13.6 Å². The first-order valence-corrected chi connectivity index (χ1v) is 13.5. The van der Waals surface area contributed by atoms with Crippen LogP contribution in [0.15, 0.2) is 66.7 Å². The number of hydrogen-bond donors (Lipinski definition) is 2. The molecule has 39 heavy (non-hydrogen) atoms. The Morgan fingerprint density at radius 2 is 1.77 bits per heavy atom. The number of esters is 1. The predicted molar refractivity (Wildman–Crippen MR) is 149 cm³/mol. The largest absolute Gasteiger partial charge is 0.456 e. The Morgan fingerprint density at radius 1 is 1.00 bits per heavy atom.